The van der Waals surface area contributed by atoms with Crippen LogP contribution in [0.1, 0.15) is 13.0 Å². The van der Waals surface area contributed by atoms with Crippen LogP contribution in [-0.4, -0.2) is 64.8 Å². The highest BCUT2D eigenvalue weighted by Crippen LogP contribution is 2.33. The molecule has 0 spiro atoms. The number of hydrogen-bond acceptors (Lipinski definition) is 6. The number of methoxy groups -OCH3 is 1. The second kappa shape index (κ2) is 7.46. The highest BCUT2D eigenvalue weighted by molar-refractivity contribution is 6.01. The van der Waals surface area contributed by atoms with Gasteiger partial charge in [-0.3, -0.25) is 0 Å². The van der Waals surface area contributed by atoms with E-state index in [4.69, 9.17) is 19.4 Å². The number of rotatable bonds is 5. The number of nitrogens with one attached hydrogen (secondary N) is 1. The molecule has 0 amide bonds. The Hall–Kier alpha value is -2.97. The Morgan fingerprint density at radius 1 is 1.17 bits per heavy atom. The number of hydrogen-bond donors (Lipinski definition) is 1. The predicted molar refractivity (Wildman–Crippen MR) is 112 cm³/mol. The van der Waals surface area contributed by atoms with E-state index in [1.807, 2.05) is 17.1 Å². The van der Waals surface area contributed by atoms with Crippen molar-refractivity contribution in [2.75, 3.05) is 44.9 Å². The fraction of sp³-hybridized carbons (Fsp3) is 0.381. The zero-order valence-electron chi connectivity index (χ0n) is 16.6. The first-order valence-corrected chi connectivity index (χ1v) is 9.89. The molecule has 0 bridgehead atoms. The van der Waals surface area contributed by atoms with Crippen LogP contribution in [0.2, 0.25) is 0 Å². The second-order valence-corrected chi connectivity index (χ2v) is 7.35. The van der Waals surface area contributed by atoms with Gasteiger partial charge in [0.05, 0.1) is 43.1 Å². The van der Waals surface area contributed by atoms with Crippen LogP contribution in [0.25, 0.3) is 33.2 Å². The lowest BCUT2D eigenvalue weighted by Gasteiger charge is -2.27. The number of aromatic nitrogens is 5. The number of nitrogens with zero attached hydrogens (tertiary/aromatic N) is 5. The van der Waals surface area contributed by atoms with Crippen molar-refractivity contribution in [1.29, 1.82) is 0 Å². The summed E-state index contributed by atoms with van der Waals surface area (Å²) in [5.74, 6) is 0.717. The molecule has 0 aliphatic carbocycles. The minimum atomic E-state index is 0.0702. The normalized spacial score (nSPS) is 16.0. The van der Waals surface area contributed by atoms with Crippen LogP contribution >= 0.6 is 0 Å². The summed E-state index contributed by atoms with van der Waals surface area (Å²) in [6.07, 6.45) is 3.82. The van der Waals surface area contributed by atoms with Gasteiger partial charge in [0.1, 0.15) is 0 Å². The van der Waals surface area contributed by atoms with Crippen LogP contribution in [0.15, 0.2) is 36.7 Å². The van der Waals surface area contributed by atoms with Crippen molar-refractivity contribution in [2.45, 2.75) is 13.0 Å². The fourth-order valence-corrected chi connectivity index (χ4v) is 3.95. The SMILES string of the molecule is COCC(C)n1ncc2c(-c3cccc4[nH]ccc34)nc(N3CCOCC3)nc21. The lowest BCUT2D eigenvalue weighted by atomic mass is 10.0. The van der Waals surface area contributed by atoms with E-state index < -0.39 is 0 Å². The average molecular weight is 392 g/mol. The van der Waals surface area contributed by atoms with Gasteiger partial charge >= 0.3 is 0 Å². The van der Waals surface area contributed by atoms with Gasteiger partial charge < -0.3 is 19.4 Å². The largest absolute Gasteiger partial charge is 0.382 e. The third kappa shape index (κ3) is 3.14. The van der Waals surface area contributed by atoms with Crippen LogP contribution in [0.4, 0.5) is 5.95 Å². The Balaban J connectivity index is 1.74. The molecule has 1 fully saturated rings. The Morgan fingerprint density at radius 2 is 2.03 bits per heavy atom. The molecular formula is C21H24N6O2. The number of morpholine rings is 1. The van der Waals surface area contributed by atoms with Gasteiger partial charge in [-0.05, 0) is 19.1 Å². The second-order valence-electron chi connectivity index (χ2n) is 7.35. The predicted octanol–water partition coefficient (Wildman–Crippen LogP) is 3.02. The molecule has 0 radical (unpaired) electrons. The Labute approximate surface area is 168 Å². The Bertz CT molecular complexity index is 1140. The molecule has 8 nitrogen and oxygen atoms in total. The maximum atomic E-state index is 5.51. The number of H-pyrrole nitrogens is 1. The van der Waals surface area contributed by atoms with E-state index in [2.05, 4.69) is 46.2 Å². The molecule has 1 aliphatic rings. The number of fused-ring (bicyclic) bond motifs is 2. The summed E-state index contributed by atoms with van der Waals surface area (Å²) in [4.78, 5) is 15.4. The van der Waals surface area contributed by atoms with E-state index in [9.17, 15) is 0 Å². The van der Waals surface area contributed by atoms with E-state index >= 15 is 0 Å². The van der Waals surface area contributed by atoms with Crippen LogP contribution in [0, 0.1) is 0 Å². The molecule has 1 aliphatic heterocycles. The maximum absolute atomic E-state index is 5.51. The molecule has 1 aromatic carbocycles. The molecule has 1 unspecified atom stereocenters. The minimum Gasteiger partial charge on any atom is -0.382 e. The summed E-state index contributed by atoms with van der Waals surface area (Å²) in [6, 6.07) is 8.39. The molecule has 29 heavy (non-hydrogen) atoms. The number of ether oxygens (including phenoxy) is 2. The highest BCUT2D eigenvalue weighted by atomic mass is 16.5. The smallest absolute Gasteiger partial charge is 0.228 e. The minimum absolute atomic E-state index is 0.0702. The number of aromatic amines is 1. The molecule has 1 atom stereocenters. The summed E-state index contributed by atoms with van der Waals surface area (Å²) >= 11 is 0. The van der Waals surface area contributed by atoms with Crippen molar-refractivity contribution in [3.05, 3.63) is 36.7 Å². The van der Waals surface area contributed by atoms with E-state index in [0.29, 0.717) is 19.8 Å². The van der Waals surface area contributed by atoms with Gasteiger partial charge in [0.2, 0.25) is 5.95 Å². The van der Waals surface area contributed by atoms with Crippen LogP contribution < -0.4 is 4.90 Å². The van der Waals surface area contributed by atoms with Crippen molar-refractivity contribution in [2.24, 2.45) is 0 Å². The molecule has 4 heterocycles. The fourth-order valence-electron chi connectivity index (χ4n) is 3.95. The van der Waals surface area contributed by atoms with E-state index in [0.717, 1.165) is 52.2 Å². The van der Waals surface area contributed by atoms with Crippen molar-refractivity contribution in [3.8, 4) is 11.3 Å². The summed E-state index contributed by atoms with van der Waals surface area (Å²) < 4.78 is 12.8. The van der Waals surface area contributed by atoms with Gasteiger partial charge in [0.25, 0.3) is 0 Å². The van der Waals surface area contributed by atoms with Crippen molar-refractivity contribution in [1.82, 2.24) is 24.7 Å². The highest BCUT2D eigenvalue weighted by Gasteiger charge is 2.22. The zero-order chi connectivity index (χ0) is 19.8. The molecule has 5 rings (SSSR count). The van der Waals surface area contributed by atoms with E-state index in [1.165, 1.54) is 0 Å². The van der Waals surface area contributed by atoms with Crippen LogP contribution in [0.5, 0.6) is 0 Å². The molecule has 1 saturated heterocycles. The Morgan fingerprint density at radius 3 is 2.86 bits per heavy atom. The molecule has 0 saturated carbocycles. The summed E-state index contributed by atoms with van der Waals surface area (Å²) in [7, 11) is 1.70. The average Bonchev–Trinajstić information content (AvgIpc) is 3.40. The Kier molecular flexibility index (Phi) is 4.65. The molecule has 3 aromatic heterocycles. The van der Waals surface area contributed by atoms with E-state index in [-0.39, 0.29) is 6.04 Å². The molecule has 8 heteroatoms. The van der Waals surface area contributed by atoms with Gasteiger partial charge in [-0.2, -0.15) is 10.1 Å². The third-order valence-corrected chi connectivity index (χ3v) is 5.41. The van der Waals surface area contributed by atoms with Gasteiger partial charge in [0.15, 0.2) is 5.65 Å². The first-order valence-electron chi connectivity index (χ1n) is 9.89. The number of anilines is 1. The standard InChI is InChI=1S/C21H24N6O2/c1-14(13-28-2)27-20-17(12-23-27)19(16-4-3-5-18-15(16)6-7-22-18)24-21(25-20)26-8-10-29-11-9-26/h3-7,12,14,22H,8-11,13H2,1-2H3. The zero-order valence-corrected chi connectivity index (χ0v) is 16.6. The monoisotopic (exact) mass is 392 g/mol. The summed E-state index contributed by atoms with van der Waals surface area (Å²) in [5, 5.41) is 6.72. The van der Waals surface area contributed by atoms with Gasteiger partial charge in [-0.15, -0.1) is 0 Å². The lowest BCUT2D eigenvalue weighted by molar-refractivity contribution is 0.122. The summed E-state index contributed by atoms with van der Waals surface area (Å²) in [5.41, 5.74) is 3.89. The molecule has 150 valence electrons. The first-order chi connectivity index (χ1) is 14.3. The maximum Gasteiger partial charge on any atom is 0.228 e. The van der Waals surface area contributed by atoms with Gasteiger partial charge in [-0.25, -0.2) is 9.67 Å². The van der Waals surface area contributed by atoms with Crippen LogP contribution in [0.3, 0.4) is 0 Å². The van der Waals surface area contributed by atoms with Crippen molar-refractivity contribution in [3.63, 3.8) is 0 Å². The van der Waals surface area contributed by atoms with Crippen LogP contribution in [-0.2, 0) is 9.47 Å². The number of benzene rings is 1. The lowest BCUT2D eigenvalue weighted by Crippen LogP contribution is -2.37. The topological polar surface area (TPSA) is 81.1 Å². The quantitative estimate of drug-likeness (QED) is 0.562. The first kappa shape index (κ1) is 18.1. The molecule has 4 aromatic rings. The van der Waals surface area contributed by atoms with E-state index in [1.54, 1.807) is 7.11 Å². The molecule has 1 N–H and O–H groups in total. The van der Waals surface area contributed by atoms with Crippen molar-refractivity contribution >= 4 is 27.9 Å². The molecular weight excluding hydrogens is 368 g/mol. The third-order valence-electron chi connectivity index (χ3n) is 5.41. The summed E-state index contributed by atoms with van der Waals surface area (Å²) in [6.45, 7) is 5.57. The van der Waals surface area contributed by atoms with Gasteiger partial charge in [-0.1, -0.05) is 12.1 Å². The van der Waals surface area contributed by atoms with Crippen molar-refractivity contribution < 1.29 is 9.47 Å². The van der Waals surface area contributed by atoms with Gasteiger partial charge in [0, 0.05) is 42.9 Å².